The lowest BCUT2D eigenvalue weighted by atomic mass is 9.64. The van der Waals surface area contributed by atoms with Gasteiger partial charge in [-0.25, -0.2) is 4.79 Å². The van der Waals surface area contributed by atoms with Crippen molar-refractivity contribution in [2.75, 3.05) is 53.0 Å². The number of ether oxygens (including phenoxy) is 2. The Morgan fingerprint density at radius 3 is 2.52 bits per heavy atom. The third-order valence-electron chi connectivity index (χ3n) is 7.82. The Bertz CT molecular complexity index is 599. The van der Waals surface area contributed by atoms with Crippen LogP contribution in [0.15, 0.2) is 0 Å². The van der Waals surface area contributed by atoms with Crippen LogP contribution in [-0.4, -0.2) is 91.8 Å². The van der Waals surface area contributed by atoms with Gasteiger partial charge in [0.05, 0.1) is 6.61 Å². The molecular formula is C22H37N3O4. The SMILES string of the molecule is CCOC(=O)N1CCC2(CC(N3CCC([C@@H]4CCCN4C(=O)COC)CC3)C2)C1. The van der Waals surface area contributed by atoms with Crippen LogP contribution in [0.1, 0.15) is 51.9 Å². The summed E-state index contributed by atoms with van der Waals surface area (Å²) >= 11 is 0. The fourth-order valence-corrected chi connectivity index (χ4v) is 6.31. The average Bonchev–Trinajstić information content (AvgIpc) is 3.35. The van der Waals surface area contributed by atoms with Gasteiger partial charge in [-0.15, -0.1) is 0 Å². The van der Waals surface area contributed by atoms with Crippen molar-refractivity contribution in [2.45, 2.75) is 64.0 Å². The van der Waals surface area contributed by atoms with Crippen molar-refractivity contribution in [3.05, 3.63) is 0 Å². The minimum atomic E-state index is -0.141. The predicted octanol–water partition coefficient (Wildman–Crippen LogP) is 2.35. The van der Waals surface area contributed by atoms with Crippen LogP contribution < -0.4 is 0 Å². The number of methoxy groups -OCH3 is 1. The summed E-state index contributed by atoms with van der Waals surface area (Å²) in [6.45, 7) is 7.45. The Morgan fingerprint density at radius 2 is 1.83 bits per heavy atom. The molecule has 1 saturated carbocycles. The van der Waals surface area contributed by atoms with Gasteiger partial charge in [0.1, 0.15) is 6.61 Å². The second-order valence-electron chi connectivity index (χ2n) is 9.54. The molecule has 0 N–H and O–H groups in total. The molecule has 3 aliphatic heterocycles. The van der Waals surface area contributed by atoms with Crippen molar-refractivity contribution in [1.82, 2.24) is 14.7 Å². The van der Waals surface area contributed by atoms with Gasteiger partial charge in [-0.2, -0.15) is 0 Å². The maximum absolute atomic E-state index is 12.3. The summed E-state index contributed by atoms with van der Waals surface area (Å²) in [5.74, 6) is 0.792. The summed E-state index contributed by atoms with van der Waals surface area (Å²) in [6.07, 6.45) is 8.08. The molecule has 1 spiro atoms. The van der Waals surface area contributed by atoms with E-state index in [2.05, 4.69) is 9.80 Å². The Hall–Kier alpha value is -1.34. The second kappa shape index (κ2) is 8.80. The van der Waals surface area contributed by atoms with Gasteiger partial charge >= 0.3 is 6.09 Å². The minimum absolute atomic E-state index is 0.141. The quantitative estimate of drug-likeness (QED) is 0.700. The molecule has 0 bridgehead atoms. The monoisotopic (exact) mass is 407 g/mol. The number of carbonyl (C=O) groups is 2. The van der Waals surface area contributed by atoms with E-state index in [4.69, 9.17) is 9.47 Å². The van der Waals surface area contributed by atoms with Crippen LogP contribution in [0.25, 0.3) is 0 Å². The molecule has 3 saturated heterocycles. The molecule has 0 radical (unpaired) electrons. The lowest BCUT2D eigenvalue weighted by Crippen LogP contribution is -2.55. The molecule has 1 atom stereocenters. The maximum Gasteiger partial charge on any atom is 0.409 e. The zero-order valence-corrected chi connectivity index (χ0v) is 18.1. The average molecular weight is 408 g/mol. The van der Waals surface area contributed by atoms with Crippen LogP contribution in [-0.2, 0) is 14.3 Å². The third-order valence-corrected chi connectivity index (χ3v) is 7.82. The standard InChI is InChI=1S/C22H37N3O4/c1-3-29-21(27)24-12-8-22(16-24)13-18(14-22)23-10-6-17(7-11-23)19-5-4-9-25(19)20(26)15-28-2/h17-19H,3-16H2,1-2H3/t18?,19-,22?/m0/s1. The van der Waals surface area contributed by atoms with E-state index in [1.807, 2.05) is 11.8 Å². The molecular weight excluding hydrogens is 370 g/mol. The highest BCUT2D eigenvalue weighted by Crippen LogP contribution is 2.51. The summed E-state index contributed by atoms with van der Waals surface area (Å²) in [4.78, 5) is 31.0. The van der Waals surface area contributed by atoms with E-state index < -0.39 is 0 Å². The van der Waals surface area contributed by atoms with Gasteiger partial charge < -0.3 is 24.2 Å². The number of hydrogen-bond acceptors (Lipinski definition) is 5. The highest BCUT2D eigenvalue weighted by Gasteiger charge is 2.51. The van der Waals surface area contributed by atoms with E-state index in [0.29, 0.717) is 30.0 Å². The number of likely N-dealkylation sites (tertiary alicyclic amines) is 3. The zero-order valence-electron chi connectivity index (χ0n) is 18.1. The van der Waals surface area contributed by atoms with Gasteiger partial charge in [0.25, 0.3) is 0 Å². The topological polar surface area (TPSA) is 62.3 Å². The van der Waals surface area contributed by atoms with Gasteiger partial charge in [-0.3, -0.25) is 4.79 Å². The maximum atomic E-state index is 12.3. The fourth-order valence-electron chi connectivity index (χ4n) is 6.31. The number of hydrogen-bond donors (Lipinski definition) is 0. The van der Waals surface area contributed by atoms with Crippen LogP contribution in [0.4, 0.5) is 4.79 Å². The van der Waals surface area contributed by atoms with Crippen LogP contribution in [0, 0.1) is 11.3 Å². The van der Waals surface area contributed by atoms with Crippen molar-refractivity contribution in [2.24, 2.45) is 11.3 Å². The molecule has 0 aromatic heterocycles. The van der Waals surface area contributed by atoms with E-state index in [1.54, 1.807) is 7.11 Å². The Balaban J connectivity index is 1.22. The van der Waals surface area contributed by atoms with Crippen LogP contribution in [0.2, 0.25) is 0 Å². The number of rotatable bonds is 5. The number of carbonyl (C=O) groups excluding carboxylic acids is 2. The fraction of sp³-hybridized carbons (Fsp3) is 0.909. The Kier molecular flexibility index (Phi) is 6.35. The highest BCUT2D eigenvalue weighted by molar-refractivity contribution is 5.78. The van der Waals surface area contributed by atoms with Crippen molar-refractivity contribution < 1.29 is 19.1 Å². The molecule has 164 valence electrons. The molecule has 2 amide bonds. The first-order valence-electron chi connectivity index (χ1n) is 11.5. The van der Waals surface area contributed by atoms with Crippen LogP contribution >= 0.6 is 0 Å². The molecule has 0 aromatic carbocycles. The van der Waals surface area contributed by atoms with Crippen molar-refractivity contribution in [1.29, 1.82) is 0 Å². The molecule has 3 heterocycles. The molecule has 4 rings (SSSR count). The third kappa shape index (κ3) is 4.26. The van der Waals surface area contributed by atoms with Crippen LogP contribution in [0.3, 0.4) is 0 Å². The molecule has 0 aromatic rings. The first-order valence-corrected chi connectivity index (χ1v) is 11.5. The van der Waals surface area contributed by atoms with E-state index >= 15 is 0 Å². The molecule has 4 fully saturated rings. The molecule has 7 nitrogen and oxygen atoms in total. The van der Waals surface area contributed by atoms with E-state index in [-0.39, 0.29) is 18.6 Å². The minimum Gasteiger partial charge on any atom is -0.450 e. The summed E-state index contributed by atoms with van der Waals surface area (Å²) in [5.41, 5.74) is 0.336. The highest BCUT2D eigenvalue weighted by atomic mass is 16.6. The summed E-state index contributed by atoms with van der Waals surface area (Å²) < 4.78 is 10.2. The zero-order chi connectivity index (χ0) is 20.4. The summed E-state index contributed by atoms with van der Waals surface area (Å²) in [5, 5.41) is 0. The van der Waals surface area contributed by atoms with Gasteiger partial charge in [-0.1, -0.05) is 0 Å². The van der Waals surface area contributed by atoms with Crippen LogP contribution in [0.5, 0.6) is 0 Å². The smallest absolute Gasteiger partial charge is 0.409 e. The normalized spacial score (nSPS) is 33.3. The lowest BCUT2D eigenvalue weighted by molar-refractivity contribution is -0.137. The molecule has 29 heavy (non-hydrogen) atoms. The Morgan fingerprint density at radius 1 is 1.07 bits per heavy atom. The first kappa shape index (κ1) is 20.9. The van der Waals surface area contributed by atoms with E-state index in [1.165, 1.54) is 25.7 Å². The van der Waals surface area contributed by atoms with Gasteiger partial charge in [0.15, 0.2) is 0 Å². The van der Waals surface area contributed by atoms with Crippen molar-refractivity contribution >= 4 is 12.0 Å². The summed E-state index contributed by atoms with van der Waals surface area (Å²) in [7, 11) is 1.60. The Labute approximate surface area is 174 Å². The second-order valence-corrected chi connectivity index (χ2v) is 9.54. The number of amides is 2. The molecule has 4 aliphatic rings. The predicted molar refractivity (Wildman–Crippen MR) is 110 cm³/mol. The van der Waals surface area contributed by atoms with E-state index in [0.717, 1.165) is 52.0 Å². The van der Waals surface area contributed by atoms with E-state index in [9.17, 15) is 9.59 Å². The van der Waals surface area contributed by atoms with Crippen molar-refractivity contribution in [3.63, 3.8) is 0 Å². The molecule has 1 aliphatic carbocycles. The largest absolute Gasteiger partial charge is 0.450 e. The molecule has 0 unspecified atom stereocenters. The first-order chi connectivity index (χ1) is 14.0. The van der Waals surface area contributed by atoms with Gasteiger partial charge in [0, 0.05) is 38.8 Å². The summed E-state index contributed by atoms with van der Waals surface area (Å²) in [6, 6.07) is 1.09. The molecule has 7 heteroatoms. The number of piperidine rings is 1. The van der Waals surface area contributed by atoms with Gasteiger partial charge in [0.2, 0.25) is 5.91 Å². The lowest BCUT2D eigenvalue weighted by Gasteiger charge is -2.52. The van der Waals surface area contributed by atoms with Gasteiger partial charge in [-0.05, 0) is 76.3 Å². The van der Waals surface area contributed by atoms with Crippen molar-refractivity contribution in [3.8, 4) is 0 Å². The number of nitrogens with zero attached hydrogens (tertiary/aromatic N) is 3.